The number of carbonyl (C=O) groups excluding carboxylic acids is 1. The Morgan fingerprint density at radius 1 is 1.26 bits per heavy atom. The molecule has 3 heterocycles. The number of aryl methyl sites for hydroxylation is 1. The lowest BCUT2D eigenvalue weighted by Crippen LogP contribution is -2.40. The summed E-state index contributed by atoms with van der Waals surface area (Å²) in [6, 6.07) is 9.45. The minimum atomic E-state index is -0.0870. The maximum Gasteiger partial charge on any atom is 0.229 e. The highest BCUT2D eigenvalue weighted by atomic mass is 35.5. The standard InChI is InChI=1S/C19H20ClN5OS/c1-13-6-7-15(20)11-16(13)21-17(26)14-5-4-10-25(12-14)19-23-22-18(27-19)24-8-2-3-9-24/h2-3,6-9,11,14H,4-5,10,12H2,1H3,(H,21,26). The maximum atomic E-state index is 12.8. The zero-order valence-electron chi connectivity index (χ0n) is 14.9. The van der Waals surface area contributed by atoms with E-state index in [0.29, 0.717) is 11.6 Å². The van der Waals surface area contributed by atoms with Gasteiger partial charge in [-0.25, -0.2) is 0 Å². The highest BCUT2D eigenvalue weighted by Gasteiger charge is 2.28. The minimum Gasteiger partial charge on any atom is -0.346 e. The van der Waals surface area contributed by atoms with Gasteiger partial charge in [0.15, 0.2) is 0 Å². The van der Waals surface area contributed by atoms with Crippen molar-refractivity contribution in [2.24, 2.45) is 5.92 Å². The maximum absolute atomic E-state index is 12.8. The lowest BCUT2D eigenvalue weighted by Gasteiger charge is -2.31. The fourth-order valence-corrected chi connectivity index (χ4v) is 4.25. The van der Waals surface area contributed by atoms with E-state index in [1.54, 1.807) is 6.07 Å². The molecule has 4 rings (SSSR count). The smallest absolute Gasteiger partial charge is 0.229 e. The number of hydrogen-bond acceptors (Lipinski definition) is 5. The van der Waals surface area contributed by atoms with E-state index in [9.17, 15) is 4.79 Å². The van der Waals surface area contributed by atoms with Crippen LogP contribution in [0.15, 0.2) is 42.7 Å². The number of hydrogen-bond donors (Lipinski definition) is 1. The fourth-order valence-electron chi connectivity index (χ4n) is 3.23. The molecule has 0 aliphatic carbocycles. The first-order valence-corrected chi connectivity index (χ1v) is 10.1. The third kappa shape index (κ3) is 3.99. The number of carbonyl (C=O) groups is 1. The first kappa shape index (κ1) is 18.0. The van der Waals surface area contributed by atoms with Gasteiger partial charge in [-0.3, -0.25) is 9.36 Å². The molecular weight excluding hydrogens is 382 g/mol. The summed E-state index contributed by atoms with van der Waals surface area (Å²) in [5.41, 5.74) is 1.77. The zero-order chi connectivity index (χ0) is 18.8. The molecular formula is C19H20ClN5OS. The number of rotatable bonds is 4. The van der Waals surface area contributed by atoms with Gasteiger partial charge in [-0.2, -0.15) is 0 Å². The Morgan fingerprint density at radius 2 is 2.04 bits per heavy atom. The molecule has 1 atom stereocenters. The second kappa shape index (κ2) is 7.70. The van der Waals surface area contributed by atoms with E-state index in [4.69, 9.17) is 11.6 Å². The van der Waals surface area contributed by atoms with Gasteiger partial charge in [0.25, 0.3) is 0 Å². The van der Waals surface area contributed by atoms with Crippen LogP contribution >= 0.6 is 22.9 Å². The second-order valence-electron chi connectivity index (χ2n) is 6.69. The number of amides is 1. The van der Waals surface area contributed by atoms with Gasteiger partial charge in [-0.15, -0.1) is 10.2 Å². The Hall–Kier alpha value is -2.38. The van der Waals surface area contributed by atoms with Crippen molar-refractivity contribution in [1.29, 1.82) is 0 Å². The quantitative estimate of drug-likeness (QED) is 0.713. The number of nitrogens with zero attached hydrogens (tertiary/aromatic N) is 4. The van der Waals surface area contributed by atoms with Crippen LogP contribution in [0.1, 0.15) is 18.4 Å². The Morgan fingerprint density at radius 3 is 2.85 bits per heavy atom. The van der Waals surface area contributed by atoms with Gasteiger partial charge in [-0.1, -0.05) is 29.0 Å². The first-order chi connectivity index (χ1) is 13.1. The van der Waals surface area contributed by atoms with Gasteiger partial charge in [-0.05, 0) is 49.6 Å². The molecule has 0 saturated carbocycles. The lowest BCUT2D eigenvalue weighted by molar-refractivity contribution is -0.120. The van der Waals surface area contributed by atoms with Crippen LogP contribution in [0, 0.1) is 12.8 Å². The Labute approximate surface area is 166 Å². The van der Waals surface area contributed by atoms with E-state index in [-0.39, 0.29) is 11.8 Å². The highest BCUT2D eigenvalue weighted by molar-refractivity contribution is 7.17. The molecule has 2 aromatic heterocycles. The van der Waals surface area contributed by atoms with E-state index in [0.717, 1.165) is 40.9 Å². The molecule has 3 aromatic rings. The van der Waals surface area contributed by atoms with Gasteiger partial charge in [0.1, 0.15) is 0 Å². The lowest BCUT2D eigenvalue weighted by atomic mass is 9.97. The Balaban J connectivity index is 1.45. The summed E-state index contributed by atoms with van der Waals surface area (Å²) in [4.78, 5) is 14.9. The second-order valence-corrected chi connectivity index (χ2v) is 8.06. The molecule has 1 aliphatic rings. The number of halogens is 1. The molecule has 1 N–H and O–H groups in total. The number of anilines is 2. The van der Waals surface area contributed by atoms with Crippen LogP contribution in [0.5, 0.6) is 0 Å². The van der Waals surface area contributed by atoms with Crippen molar-refractivity contribution in [2.45, 2.75) is 19.8 Å². The predicted octanol–water partition coefficient (Wildman–Crippen LogP) is 4.15. The number of benzene rings is 1. The highest BCUT2D eigenvalue weighted by Crippen LogP contribution is 2.29. The zero-order valence-corrected chi connectivity index (χ0v) is 16.5. The molecule has 1 unspecified atom stereocenters. The van der Waals surface area contributed by atoms with Crippen LogP contribution in [-0.2, 0) is 4.79 Å². The third-order valence-corrected chi connectivity index (χ3v) is 5.98. The average molecular weight is 402 g/mol. The van der Waals surface area contributed by atoms with Crippen molar-refractivity contribution in [2.75, 3.05) is 23.3 Å². The molecule has 0 bridgehead atoms. The van der Waals surface area contributed by atoms with Crippen LogP contribution in [0.2, 0.25) is 5.02 Å². The molecule has 6 nitrogen and oxygen atoms in total. The predicted molar refractivity (Wildman–Crippen MR) is 109 cm³/mol. The average Bonchev–Trinajstić information content (AvgIpc) is 3.36. The van der Waals surface area contributed by atoms with Gasteiger partial charge in [0.05, 0.1) is 5.92 Å². The summed E-state index contributed by atoms with van der Waals surface area (Å²) >= 11 is 7.60. The molecule has 1 saturated heterocycles. The Kier molecular flexibility index (Phi) is 5.13. The monoisotopic (exact) mass is 401 g/mol. The molecule has 1 aliphatic heterocycles. The number of piperidine rings is 1. The van der Waals surface area contributed by atoms with E-state index in [1.165, 1.54) is 11.3 Å². The van der Waals surface area contributed by atoms with Gasteiger partial charge < -0.3 is 10.2 Å². The van der Waals surface area contributed by atoms with Crippen LogP contribution in [0.25, 0.3) is 5.13 Å². The van der Waals surface area contributed by atoms with Crippen molar-refractivity contribution in [1.82, 2.24) is 14.8 Å². The van der Waals surface area contributed by atoms with Crippen LogP contribution in [0.3, 0.4) is 0 Å². The van der Waals surface area contributed by atoms with Crippen molar-refractivity contribution >= 4 is 39.7 Å². The topological polar surface area (TPSA) is 63.1 Å². The largest absolute Gasteiger partial charge is 0.346 e. The van der Waals surface area contributed by atoms with E-state index < -0.39 is 0 Å². The summed E-state index contributed by atoms with van der Waals surface area (Å²) in [5.74, 6) is -0.0590. The van der Waals surface area contributed by atoms with Crippen molar-refractivity contribution in [3.8, 4) is 5.13 Å². The fraction of sp³-hybridized carbons (Fsp3) is 0.316. The molecule has 0 radical (unpaired) electrons. The minimum absolute atomic E-state index is 0.0280. The molecule has 1 amide bonds. The van der Waals surface area contributed by atoms with Gasteiger partial charge in [0.2, 0.25) is 16.2 Å². The van der Waals surface area contributed by atoms with Crippen LogP contribution < -0.4 is 10.2 Å². The van der Waals surface area contributed by atoms with Crippen molar-refractivity contribution < 1.29 is 4.79 Å². The summed E-state index contributed by atoms with van der Waals surface area (Å²) in [6.07, 6.45) is 5.71. The molecule has 1 fully saturated rings. The molecule has 0 spiro atoms. The van der Waals surface area contributed by atoms with E-state index in [1.807, 2.05) is 48.1 Å². The number of nitrogens with one attached hydrogen (secondary N) is 1. The SMILES string of the molecule is Cc1ccc(Cl)cc1NC(=O)C1CCCN(c2nnc(-n3cccc3)s2)C1. The van der Waals surface area contributed by atoms with Crippen molar-refractivity contribution in [3.05, 3.63) is 53.3 Å². The van der Waals surface area contributed by atoms with Crippen LogP contribution in [0.4, 0.5) is 10.8 Å². The number of aromatic nitrogens is 3. The molecule has 27 heavy (non-hydrogen) atoms. The summed E-state index contributed by atoms with van der Waals surface area (Å²) in [6.45, 7) is 3.50. The molecule has 1 aromatic carbocycles. The summed E-state index contributed by atoms with van der Waals surface area (Å²) < 4.78 is 1.94. The van der Waals surface area contributed by atoms with E-state index in [2.05, 4.69) is 20.4 Å². The molecule has 8 heteroatoms. The first-order valence-electron chi connectivity index (χ1n) is 8.89. The van der Waals surface area contributed by atoms with Gasteiger partial charge >= 0.3 is 0 Å². The van der Waals surface area contributed by atoms with Crippen LogP contribution in [-0.4, -0.2) is 33.8 Å². The Bertz CT molecular complexity index is 939. The summed E-state index contributed by atoms with van der Waals surface area (Å²) in [5, 5.41) is 13.9. The molecule has 140 valence electrons. The van der Waals surface area contributed by atoms with Crippen molar-refractivity contribution in [3.63, 3.8) is 0 Å². The van der Waals surface area contributed by atoms with E-state index >= 15 is 0 Å². The third-order valence-electron chi connectivity index (χ3n) is 4.75. The van der Waals surface area contributed by atoms with Gasteiger partial charge in [0, 0.05) is 36.2 Å². The summed E-state index contributed by atoms with van der Waals surface area (Å²) in [7, 11) is 0. The normalized spacial score (nSPS) is 17.1.